The van der Waals surface area contributed by atoms with Crippen molar-refractivity contribution in [3.8, 4) is 0 Å². The Morgan fingerprint density at radius 3 is 2.15 bits per heavy atom. The number of benzene rings is 1. The number of hydrogen-bond acceptors (Lipinski definition) is 5. The molecule has 8 heteroatoms. The number of likely N-dealkylation sites (N-methyl/N-ethyl adjacent to an activating group) is 1. The van der Waals surface area contributed by atoms with E-state index < -0.39 is 29.4 Å². The quantitative estimate of drug-likeness (QED) is 0.620. The number of Topliss-reactive ketones (excluding diaryl/α,β-unsaturated/α-hetero) is 1. The Morgan fingerprint density at radius 2 is 1.64 bits per heavy atom. The number of carbonyl (C=O) groups excluding carboxylic acids is 4. The van der Waals surface area contributed by atoms with E-state index in [0.29, 0.717) is 11.1 Å². The minimum atomic E-state index is -1.14. The molecule has 178 valence electrons. The first-order valence-electron chi connectivity index (χ1n) is 10.9. The molecule has 0 saturated carbocycles. The number of amides is 2. The van der Waals surface area contributed by atoms with Gasteiger partial charge >= 0.3 is 5.97 Å². The van der Waals surface area contributed by atoms with Crippen molar-refractivity contribution >= 4 is 29.4 Å². The van der Waals surface area contributed by atoms with Crippen LogP contribution in [0.15, 0.2) is 35.9 Å². The first-order chi connectivity index (χ1) is 15.3. The van der Waals surface area contributed by atoms with Gasteiger partial charge in [-0.3, -0.25) is 19.2 Å². The number of allylic oxidation sites excluding steroid dienone is 2. The molecule has 0 bridgehead atoms. The number of fused-ring (bicyclic) bond motifs is 1. The van der Waals surface area contributed by atoms with Crippen LogP contribution in [-0.2, 0) is 14.4 Å². The van der Waals surface area contributed by atoms with E-state index in [1.54, 1.807) is 58.9 Å². The van der Waals surface area contributed by atoms with Crippen molar-refractivity contribution in [2.45, 2.75) is 59.5 Å². The average molecular weight is 457 g/mol. The molecule has 0 fully saturated rings. The van der Waals surface area contributed by atoms with E-state index in [4.69, 9.17) is 0 Å². The standard InChI is InChI=1S/C25H32N2O6/c1-14(2)20(23(31)32)27(6)22(30)18(26-24(33)25(3,4)5)12-11-15-13-19(28)16-9-7-8-10-17(16)21(15)29/h7-10,13-14,18,20H,11-12H2,1-6H3,(H,26,33)(H,31,32)/t18-,20-/m0/s1. The van der Waals surface area contributed by atoms with Crippen molar-refractivity contribution in [2.75, 3.05) is 7.05 Å². The van der Waals surface area contributed by atoms with Gasteiger partial charge in [0.15, 0.2) is 11.6 Å². The molecule has 0 aliphatic heterocycles. The van der Waals surface area contributed by atoms with Crippen LogP contribution in [0.2, 0.25) is 0 Å². The van der Waals surface area contributed by atoms with Crippen molar-refractivity contribution in [1.29, 1.82) is 0 Å². The van der Waals surface area contributed by atoms with E-state index in [2.05, 4.69) is 5.32 Å². The van der Waals surface area contributed by atoms with Crippen LogP contribution in [0.25, 0.3) is 0 Å². The number of carboxylic acids is 1. The summed E-state index contributed by atoms with van der Waals surface area (Å²) < 4.78 is 0. The lowest BCUT2D eigenvalue weighted by Crippen LogP contribution is -2.55. The molecular formula is C25H32N2O6. The number of carboxylic acid groups (broad SMARTS) is 1. The predicted molar refractivity (Wildman–Crippen MR) is 123 cm³/mol. The molecule has 33 heavy (non-hydrogen) atoms. The summed E-state index contributed by atoms with van der Waals surface area (Å²) >= 11 is 0. The summed E-state index contributed by atoms with van der Waals surface area (Å²) in [7, 11) is 1.39. The van der Waals surface area contributed by atoms with Crippen LogP contribution in [-0.4, -0.2) is 58.5 Å². The fraction of sp³-hybridized carbons (Fsp3) is 0.480. The molecule has 0 aromatic heterocycles. The number of hydrogen-bond donors (Lipinski definition) is 2. The maximum atomic E-state index is 13.2. The minimum Gasteiger partial charge on any atom is -0.480 e. The van der Waals surface area contributed by atoms with Gasteiger partial charge in [0.1, 0.15) is 12.1 Å². The molecular weight excluding hydrogens is 424 g/mol. The maximum absolute atomic E-state index is 13.2. The number of carbonyl (C=O) groups is 5. The van der Waals surface area contributed by atoms with E-state index in [1.807, 2.05) is 0 Å². The molecule has 0 radical (unpaired) electrons. The second kappa shape index (κ2) is 10.1. The van der Waals surface area contributed by atoms with Gasteiger partial charge < -0.3 is 15.3 Å². The van der Waals surface area contributed by atoms with Crippen LogP contribution in [0.4, 0.5) is 0 Å². The third kappa shape index (κ3) is 5.94. The van der Waals surface area contributed by atoms with Gasteiger partial charge in [0.25, 0.3) is 0 Å². The van der Waals surface area contributed by atoms with Gasteiger partial charge in [-0.25, -0.2) is 4.79 Å². The van der Waals surface area contributed by atoms with E-state index in [9.17, 15) is 29.1 Å². The Bertz CT molecular complexity index is 1000. The Kier molecular flexibility index (Phi) is 7.95. The van der Waals surface area contributed by atoms with Crippen molar-refractivity contribution in [3.05, 3.63) is 47.0 Å². The van der Waals surface area contributed by atoms with Crippen LogP contribution in [0, 0.1) is 11.3 Å². The van der Waals surface area contributed by atoms with Gasteiger partial charge in [0.2, 0.25) is 11.8 Å². The summed E-state index contributed by atoms with van der Waals surface area (Å²) in [6.45, 7) is 8.49. The molecule has 2 atom stereocenters. The molecule has 0 heterocycles. The number of aliphatic carboxylic acids is 1. The first kappa shape index (κ1) is 26.0. The van der Waals surface area contributed by atoms with E-state index in [0.717, 1.165) is 4.90 Å². The molecule has 0 spiro atoms. The third-order valence-electron chi connectivity index (χ3n) is 5.67. The smallest absolute Gasteiger partial charge is 0.326 e. The fourth-order valence-corrected chi connectivity index (χ4v) is 3.77. The summed E-state index contributed by atoms with van der Waals surface area (Å²) in [6, 6.07) is 4.41. The summed E-state index contributed by atoms with van der Waals surface area (Å²) in [5.74, 6) is -3.02. The lowest BCUT2D eigenvalue weighted by atomic mass is 9.86. The Labute approximate surface area is 194 Å². The van der Waals surface area contributed by atoms with Crippen LogP contribution in [0.5, 0.6) is 0 Å². The molecule has 2 amide bonds. The molecule has 2 N–H and O–H groups in total. The highest BCUT2D eigenvalue weighted by molar-refractivity contribution is 6.24. The summed E-state index contributed by atoms with van der Waals surface area (Å²) in [4.78, 5) is 64.0. The Morgan fingerprint density at radius 1 is 1.06 bits per heavy atom. The van der Waals surface area contributed by atoms with E-state index in [1.165, 1.54) is 13.1 Å². The van der Waals surface area contributed by atoms with Crippen molar-refractivity contribution in [3.63, 3.8) is 0 Å². The third-order valence-corrected chi connectivity index (χ3v) is 5.67. The second-order valence-corrected chi connectivity index (χ2v) is 9.70. The maximum Gasteiger partial charge on any atom is 0.326 e. The first-order valence-corrected chi connectivity index (χ1v) is 10.9. The zero-order chi connectivity index (χ0) is 25.1. The molecule has 1 aliphatic rings. The van der Waals surface area contributed by atoms with E-state index in [-0.39, 0.29) is 41.8 Å². The van der Waals surface area contributed by atoms with Crippen LogP contribution >= 0.6 is 0 Å². The predicted octanol–water partition coefficient (Wildman–Crippen LogP) is 2.87. The molecule has 8 nitrogen and oxygen atoms in total. The number of rotatable bonds is 8. The fourth-order valence-electron chi connectivity index (χ4n) is 3.77. The molecule has 1 aliphatic carbocycles. The van der Waals surface area contributed by atoms with Crippen LogP contribution < -0.4 is 5.32 Å². The van der Waals surface area contributed by atoms with Gasteiger partial charge in [-0.05, 0) is 24.8 Å². The van der Waals surface area contributed by atoms with Gasteiger partial charge in [-0.15, -0.1) is 0 Å². The topological polar surface area (TPSA) is 121 Å². The number of nitrogens with zero attached hydrogens (tertiary/aromatic N) is 1. The normalized spacial score (nSPS) is 15.4. The van der Waals surface area contributed by atoms with Crippen molar-refractivity contribution in [1.82, 2.24) is 10.2 Å². The Balaban J connectivity index is 2.29. The molecule has 1 aromatic carbocycles. The number of ketones is 2. The molecule has 2 rings (SSSR count). The largest absolute Gasteiger partial charge is 0.480 e. The highest BCUT2D eigenvalue weighted by Crippen LogP contribution is 2.25. The summed E-state index contributed by atoms with van der Waals surface area (Å²) in [6.07, 6.45) is 1.39. The zero-order valence-corrected chi connectivity index (χ0v) is 20.0. The van der Waals surface area contributed by atoms with Gasteiger partial charge in [-0.2, -0.15) is 0 Å². The zero-order valence-electron chi connectivity index (χ0n) is 20.0. The Hall–Kier alpha value is -3.29. The SMILES string of the molecule is CC(C)[C@@H](C(=O)O)N(C)C(=O)[C@H](CCC1=CC(=O)c2ccccc2C1=O)NC(=O)C(C)(C)C. The molecule has 0 saturated heterocycles. The summed E-state index contributed by atoms with van der Waals surface area (Å²) in [5.41, 5.74) is 0.115. The van der Waals surface area contributed by atoms with Crippen molar-refractivity contribution < 1.29 is 29.1 Å². The van der Waals surface area contributed by atoms with Crippen LogP contribution in [0.1, 0.15) is 68.2 Å². The summed E-state index contributed by atoms with van der Waals surface area (Å²) in [5, 5.41) is 12.3. The monoisotopic (exact) mass is 456 g/mol. The highest BCUT2D eigenvalue weighted by atomic mass is 16.4. The average Bonchev–Trinajstić information content (AvgIpc) is 2.72. The van der Waals surface area contributed by atoms with Gasteiger partial charge in [0.05, 0.1) is 0 Å². The van der Waals surface area contributed by atoms with Gasteiger partial charge in [-0.1, -0.05) is 58.9 Å². The highest BCUT2D eigenvalue weighted by Gasteiger charge is 2.36. The lowest BCUT2D eigenvalue weighted by molar-refractivity contribution is -0.152. The minimum absolute atomic E-state index is 0.0441. The lowest BCUT2D eigenvalue weighted by Gasteiger charge is -2.32. The van der Waals surface area contributed by atoms with Crippen LogP contribution in [0.3, 0.4) is 0 Å². The van der Waals surface area contributed by atoms with Gasteiger partial charge in [0, 0.05) is 29.2 Å². The van der Waals surface area contributed by atoms with E-state index >= 15 is 0 Å². The molecule has 0 unspecified atom stereocenters. The molecule has 1 aromatic rings. The second-order valence-electron chi connectivity index (χ2n) is 9.70. The number of nitrogens with one attached hydrogen (secondary N) is 1. The van der Waals surface area contributed by atoms with Crippen molar-refractivity contribution in [2.24, 2.45) is 11.3 Å².